The summed E-state index contributed by atoms with van der Waals surface area (Å²) in [6.07, 6.45) is 2.81. The molecule has 0 radical (unpaired) electrons. The third kappa shape index (κ3) is 3.14. The highest BCUT2D eigenvalue weighted by atomic mass is 16.5. The van der Waals surface area contributed by atoms with Gasteiger partial charge in [0.25, 0.3) is 0 Å². The first kappa shape index (κ1) is 15.3. The van der Waals surface area contributed by atoms with Gasteiger partial charge in [-0.05, 0) is 43.0 Å². The van der Waals surface area contributed by atoms with Gasteiger partial charge in [0.2, 0.25) is 0 Å². The maximum absolute atomic E-state index is 12.3. The molecule has 1 heterocycles. The van der Waals surface area contributed by atoms with E-state index in [2.05, 4.69) is 13.0 Å². The number of carbonyl (C=O) groups excluding carboxylic acids is 1. The largest absolute Gasteiger partial charge is 0.464 e. The maximum atomic E-state index is 12.3. The summed E-state index contributed by atoms with van der Waals surface area (Å²) >= 11 is 0. The van der Waals surface area contributed by atoms with E-state index in [1.54, 1.807) is 6.26 Å². The molecule has 0 saturated heterocycles. The number of aryl methyl sites for hydroxylation is 3. The zero-order valence-corrected chi connectivity index (χ0v) is 13.7. The number of hydrogen-bond acceptors (Lipinski definition) is 3. The molecule has 0 spiro atoms. The standard InChI is InChI=1S/C20H20O3/c1-4-15-8-9-17-16(12-22-18(17)10-15)11-19(21)23-20-13(2)6-5-7-14(20)3/h5-10,12H,4,11H2,1-3H3. The molecule has 3 heteroatoms. The highest BCUT2D eigenvalue weighted by molar-refractivity contribution is 5.86. The zero-order chi connectivity index (χ0) is 16.4. The molecule has 0 fully saturated rings. The van der Waals surface area contributed by atoms with Gasteiger partial charge >= 0.3 is 5.97 Å². The Labute approximate surface area is 135 Å². The molecular formula is C20H20O3. The maximum Gasteiger partial charge on any atom is 0.315 e. The topological polar surface area (TPSA) is 39.4 Å². The summed E-state index contributed by atoms with van der Waals surface area (Å²) in [6, 6.07) is 11.9. The minimum atomic E-state index is -0.273. The number of esters is 1. The molecule has 3 nitrogen and oxygen atoms in total. The lowest BCUT2D eigenvalue weighted by molar-refractivity contribution is -0.133. The summed E-state index contributed by atoms with van der Waals surface area (Å²) in [6.45, 7) is 5.98. The van der Waals surface area contributed by atoms with Crippen molar-refractivity contribution in [1.29, 1.82) is 0 Å². The second-order valence-electron chi connectivity index (χ2n) is 5.82. The van der Waals surface area contributed by atoms with Gasteiger partial charge in [-0.15, -0.1) is 0 Å². The Balaban J connectivity index is 1.81. The average molecular weight is 308 g/mol. The van der Waals surface area contributed by atoms with Crippen LogP contribution in [0.5, 0.6) is 5.75 Å². The molecule has 0 unspecified atom stereocenters. The van der Waals surface area contributed by atoms with Gasteiger partial charge in [0.05, 0.1) is 12.7 Å². The molecule has 1 aromatic heterocycles. The molecule has 3 rings (SSSR count). The van der Waals surface area contributed by atoms with Crippen molar-refractivity contribution in [2.24, 2.45) is 0 Å². The van der Waals surface area contributed by atoms with Crippen LogP contribution in [-0.4, -0.2) is 5.97 Å². The first-order valence-corrected chi connectivity index (χ1v) is 7.84. The number of hydrogen-bond donors (Lipinski definition) is 0. The highest BCUT2D eigenvalue weighted by Gasteiger charge is 2.14. The van der Waals surface area contributed by atoms with Crippen LogP contribution in [0.1, 0.15) is 29.2 Å². The molecule has 2 aromatic carbocycles. The normalized spacial score (nSPS) is 10.9. The van der Waals surface area contributed by atoms with Crippen LogP contribution in [0.25, 0.3) is 11.0 Å². The lowest BCUT2D eigenvalue weighted by Crippen LogP contribution is -2.12. The van der Waals surface area contributed by atoms with Crippen molar-refractivity contribution >= 4 is 16.9 Å². The van der Waals surface area contributed by atoms with Crippen molar-refractivity contribution in [3.8, 4) is 5.75 Å². The van der Waals surface area contributed by atoms with E-state index in [9.17, 15) is 4.79 Å². The Morgan fingerprint density at radius 3 is 2.57 bits per heavy atom. The Morgan fingerprint density at radius 2 is 1.87 bits per heavy atom. The number of ether oxygens (including phenoxy) is 1. The van der Waals surface area contributed by atoms with Gasteiger partial charge in [-0.2, -0.15) is 0 Å². The molecule has 118 valence electrons. The van der Waals surface area contributed by atoms with Gasteiger partial charge in [-0.3, -0.25) is 4.79 Å². The Kier molecular flexibility index (Phi) is 4.20. The summed E-state index contributed by atoms with van der Waals surface area (Å²) < 4.78 is 11.1. The van der Waals surface area contributed by atoms with Crippen LogP contribution >= 0.6 is 0 Å². The van der Waals surface area contributed by atoms with E-state index < -0.39 is 0 Å². The molecule has 0 aliphatic heterocycles. The minimum absolute atomic E-state index is 0.201. The molecule has 3 aromatic rings. The number of furan rings is 1. The first-order chi connectivity index (χ1) is 11.1. The molecular weight excluding hydrogens is 288 g/mol. The summed E-state index contributed by atoms with van der Waals surface area (Å²) in [4.78, 5) is 12.3. The average Bonchev–Trinajstić information content (AvgIpc) is 2.93. The zero-order valence-electron chi connectivity index (χ0n) is 13.7. The number of carbonyl (C=O) groups is 1. The number of benzene rings is 2. The highest BCUT2D eigenvalue weighted by Crippen LogP contribution is 2.25. The van der Waals surface area contributed by atoms with Gasteiger partial charge in [0.1, 0.15) is 11.3 Å². The smallest absolute Gasteiger partial charge is 0.315 e. The quantitative estimate of drug-likeness (QED) is 0.515. The van der Waals surface area contributed by atoms with Crippen molar-refractivity contribution < 1.29 is 13.9 Å². The van der Waals surface area contributed by atoms with Crippen LogP contribution in [0.2, 0.25) is 0 Å². The van der Waals surface area contributed by atoms with Crippen molar-refractivity contribution in [2.75, 3.05) is 0 Å². The molecule has 0 amide bonds. The van der Waals surface area contributed by atoms with Gasteiger partial charge < -0.3 is 9.15 Å². The van der Waals surface area contributed by atoms with Crippen molar-refractivity contribution in [3.05, 3.63) is 64.9 Å². The van der Waals surface area contributed by atoms with Gasteiger partial charge in [0.15, 0.2) is 0 Å². The molecule has 0 atom stereocenters. The van der Waals surface area contributed by atoms with E-state index in [-0.39, 0.29) is 12.4 Å². The van der Waals surface area contributed by atoms with Crippen LogP contribution in [0.15, 0.2) is 47.1 Å². The Hall–Kier alpha value is -2.55. The van der Waals surface area contributed by atoms with Gasteiger partial charge in [-0.25, -0.2) is 0 Å². The van der Waals surface area contributed by atoms with Crippen LogP contribution in [0, 0.1) is 13.8 Å². The predicted molar refractivity (Wildman–Crippen MR) is 90.8 cm³/mol. The van der Waals surface area contributed by atoms with E-state index >= 15 is 0 Å². The molecule has 0 N–H and O–H groups in total. The van der Waals surface area contributed by atoms with Crippen molar-refractivity contribution in [1.82, 2.24) is 0 Å². The fraction of sp³-hybridized carbons (Fsp3) is 0.250. The van der Waals surface area contributed by atoms with Crippen LogP contribution < -0.4 is 4.74 Å². The summed E-state index contributed by atoms with van der Waals surface area (Å²) in [7, 11) is 0. The fourth-order valence-electron chi connectivity index (χ4n) is 2.75. The Bertz CT molecular complexity index is 838. The van der Waals surface area contributed by atoms with Gasteiger partial charge in [-0.1, -0.05) is 37.3 Å². The van der Waals surface area contributed by atoms with Crippen LogP contribution in [0.4, 0.5) is 0 Å². The number of rotatable bonds is 4. The summed E-state index contributed by atoms with van der Waals surface area (Å²) in [5.41, 5.74) is 4.82. The minimum Gasteiger partial charge on any atom is -0.464 e. The fourth-order valence-corrected chi connectivity index (χ4v) is 2.75. The van der Waals surface area contributed by atoms with Crippen LogP contribution in [0.3, 0.4) is 0 Å². The van der Waals surface area contributed by atoms with E-state index in [0.717, 1.165) is 34.1 Å². The predicted octanol–water partition coefficient (Wildman–Crippen LogP) is 4.76. The molecule has 0 saturated carbocycles. The first-order valence-electron chi connectivity index (χ1n) is 7.84. The monoisotopic (exact) mass is 308 g/mol. The van der Waals surface area contributed by atoms with E-state index in [0.29, 0.717) is 5.75 Å². The lowest BCUT2D eigenvalue weighted by Gasteiger charge is -2.09. The third-order valence-electron chi connectivity index (χ3n) is 4.09. The molecule has 0 bridgehead atoms. The van der Waals surface area contributed by atoms with Gasteiger partial charge in [0, 0.05) is 10.9 Å². The SMILES string of the molecule is CCc1ccc2c(CC(=O)Oc3c(C)cccc3C)coc2c1. The summed E-state index contributed by atoms with van der Waals surface area (Å²) in [5.74, 6) is 0.378. The van der Waals surface area contributed by atoms with Crippen molar-refractivity contribution in [3.63, 3.8) is 0 Å². The Morgan fingerprint density at radius 1 is 1.13 bits per heavy atom. The third-order valence-corrected chi connectivity index (χ3v) is 4.09. The molecule has 23 heavy (non-hydrogen) atoms. The molecule has 0 aliphatic carbocycles. The van der Waals surface area contributed by atoms with E-state index in [1.807, 2.05) is 44.2 Å². The number of para-hydroxylation sites is 1. The second-order valence-corrected chi connectivity index (χ2v) is 5.82. The summed E-state index contributed by atoms with van der Waals surface area (Å²) in [5, 5.41) is 0.973. The van der Waals surface area contributed by atoms with Crippen LogP contribution in [-0.2, 0) is 17.6 Å². The molecule has 0 aliphatic rings. The second kappa shape index (κ2) is 6.29. The van der Waals surface area contributed by atoms with E-state index in [4.69, 9.17) is 9.15 Å². The number of fused-ring (bicyclic) bond motifs is 1. The van der Waals surface area contributed by atoms with Crippen molar-refractivity contribution in [2.45, 2.75) is 33.6 Å². The lowest BCUT2D eigenvalue weighted by atomic mass is 10.1. The van der Waals surface area contributed by atoms with E-state index in [1.165, 1.54) is 5.56 Å².